The highest BCUT2D eigenvalue weighted by Gasteiger charge is 2.47. The first kappa shape index (κ1) is 19.3. The summed E-state index contributed by atoms with van der Waals surface area (Å²) in [6.07, 6.45) is 3.50. The van der Waals surface area contributed by atoms with Gasteiger partial charge in [-0.15, -0.1) is 0 Å². The van der Waals surface area contributed by atoms with Crippen LogP contribution in [0.5, 0.6) is 0 Å². The highest BCUT2D eigenvalue weighted by atomic mass is 35.5. The van der Waals surface area contributed by atoms with E-state index in [9.17, 15) is 18.4 Å². The van der Waals surface area contributed by atoms with Gasteiger partial charge >= 0.3 is 5.92 Å². The summed E-state index contributed by atoms with van der Waals surface area (Å²) in [5.74, 6) is -6.41. The van der Waals surface area contributed by atoms with E-state index in [1.807, 2.05) is 6.92 Å². The Morgan fingerprint density at radius 2 is 2.07 bits per heavy atom. The Morgan fingerprint density at radius 3 is 2.74 bits per heavy atom. The van der Waals surface area contributed by atoms with E-state index < -0.39 is 29.6 Å². The number of rotatable bonds is 6. The maximum atomic E-state index is 14.6. The average Bonchev–Trinajstić information content (AvgIpc) is 3.24. The molecule has 2 amide bonds. The molecule has 1 N–H and O–H groups in total. The minimum absolute atomic E-state index is 0.243. The molecule has 3 rings (SSSR count). The molecule has 1 atom stereocenters. The standard InChI is InChI=1S/C18H19ClF2N4O2/c1-2-9-24-11-8-22-16(24)18(20,21)17(27)23-14-7-10-25(15(14)26)13-5-3-12(19)4-6-13/h3-6,8,11,14H,2,7,9-10H2,1H3,(H,23,27). The Bertz CT molecular complexity index is 838. The molecule has 1 fully saturated rings. The third-order valence-electron chi connectivity index (χ3n) is 4.40. The number of aromatic nitrogens is 2. The van der Waals surface area contributed by atoms with E-state index in [0.717, 1.165) is 0 Å². The number of hydrogen-bond acceptors (Lipinski definition) is 3. The summed E-state index contributed by atoms with van der Waals surface area (Å²) >= 11 is 5.83. The number of halogens is 3. The van der Waals surface area contributed by atoms with Crippen molar-refractivity contribution in [3.8, 4) is 0 Å². The number of amides is 2. The van der Waals surface area contributed by atoms with Crippen molar-refractivity contribution in [1.82, 2.24) is 14.9 Å². The summed E-state index contributed by atoms with van der Waals surface area (Å²) in [5, 5.41) is 2.70. The molecule has 0 bridgehead atoms. The number of imidazole rings is 1. The monoisotopic (exact) mass is 396 g/mol. The lowest BCUT2D eigenvalue weighted by Gasteiger charge is -2.20. The van der Waals surface area contributed by atoms with Crippen molar-refractivity contribution in [2.45, 2.75) is 38.3 Å². The Hall–Kier alpha value is -2.48. The number of aryl methyl sites for hydroxylation is 1. The fraction of sp³-hybridized carbons (Fsp3) is 0.389. The summed E-state index contributed by atoms with van der Waals surface area (Å²) in [6, 6.07) is 5.60. The molecule has 0 radical (unpaired) electrons. The van der Waals surface area contributed by atoms with E-state index in [0.29, 0.717) is 30.2 Å². The van der Waals surface area contributed by atoms with Gasteiger partial charge in [-0.05, 0) is 37.1 Å². The number of nitrogens with zero attached hydrogens (tertiary/aromatic N) is 3. The zero-order valence-electron chi connectivity index (χ0n) is 14.7. The van der Waals surface area contributed by atoms with Gasteiger partial charge in [0.25, 0.3) is 5.91 Å². The van der Waals surface area contributed by atoms with E-state index >= 15 is 0 Å². The molecule has 6 nitrogen and oxygen atoms in total. The molecule has 1 saturated heterocycles. The lowest BCUT2D eigenvalue weighted by molar-refractivity contribution is -0.150. The summed E-state index contributed by atoms with van der Waals surface area (Å²) in [5.41, 5.74) is 0.603. The Balaban J connectivity index is 1.71. The lowest BCUT2D eigenvalue weighted by atomic mass is 10.2. The zero-order chi connectivity index (χ0) is 19.6. The van der Waals surface area contributed by atoms with Crippen LogP contribution in [0.3, 0.4) is 0 Å². The van der Waals surface area contributed by atoms with Crippen LogP contribution in [0.4, 0.5) is 14.5 Å². The smallest absolute Gasteiger partial charge is 0.339 e. The summed E-state index contributed by atoms with van der Waals surface area (Å²) in [7, 11) is 0. The second-order valence-electron chi connectivity index (χ2n) is 6.30. The predicted molar refractivity (Wildman–Crippen MR) is 96.8 cm³/mol. The maximum Gasteiger partial charge on any atom is 0.381 e. The normalized spacial score (nSPS) is 17.4. The highest BCUT2D eigenvalue weighted by molar-refractivity contribution is 6.30. The van der Waals surface area contributed by atoms with Gasteiger partial charge in [-0.1, -0.05) is 18.5 Å². The number of carbonyl (C=O) groups is 2. The minimum Gasteiger partial charge on any atom is -0.339 e. The molecule has 1 aliphatic rings. The molecule has 9 heteroatoms. The van der Waals surface area contributed by atoms with Gasteiger partial charge in [0.15, 0.2) is 5.82 Å². The maximum absolute atomic E-state index is 14.6. The molecule has 1 unspecified atom stereocenters. The Morgan fingerprint density at radius 1 is 1.37 bits per heavy atom. The first-order valence-electron chi connectivity index (χ1n) is 8.62. The minimum atomic E-state index is -3.83. The van der Waals surface area contributed by atoms with Crippen molar-refractivity contribution in [2.24, 2.45) is 0 Å². The summed E-state index contributed by atoms with van der Waals surface area (Å²) in [6.45, 7) is 2.48. The van der Waals surface area contributed by atoms with Crippen molar-refractivity contribution in [2.75, 3.05) is 11.4 Å². The Kier molecular flexibility index (Phi) is 5.46. The SMILES string of the molecule is CCCn1ccnc1C(F)(F)C(=O)NC1CCN(c2ccc(Cl)cc2)C1=O. The van der Waals surface area contributed by atoms with Gasteiger partial charge in [0.05, 0.1) is 0 Å². The van der Waals surface area contributed by atoms with Crippen molar-refractivity contribution < 1.29 is 18.4 Å². The molecule has 1 aromatic carbocycles. The van der Waals surface area contributed by atoms with Crippen LogP contribution in [0.15, 0.2) is 36.7 Å². The van der Waals surface area contributed by atoms with Gasteiger partial charge in [0.2, 0.25) is 5.91 Å². The molecular weight excluding hydrogens is 378 g/mol. The van der Waals surface area contributed by atoms with Crippen LogP contribution in [0.1, 0.15) is 25.6 Å². The third kappa shape index (κ3) is 3.80. The largest absolute Gasteiger partial charge is 0.381 e. The van der Waals surface area contributed by atoms with Crippen LogP contribution in [-0.2, 0) is 22.1 Å². The third-order valence-corrected chi connectivity index (χ3v) is 4.65. The van der Waals surface area contributed by atoms with Crippen molar-refractivity contribution >= 4 is 29.1 Å². The van der Waals surface area contributed by atoms with Crippen molar-refractivity contribution in [3.63, 3.8) is 0 Å². The molecule has 2 aromatic rings. The zero-order valence-corrected chi connectivity index (χ0v) is 15.4. The lowest BCUT2D eigenvalue weighted by Crippen LogP contribution is -2.48. The van der Waals surface area contributed by atoms with Gasteiger partial charge in [-0.3, -0.25) is 9.59 Å². The van der Waals surface area contributed by atoms with Gasteiger partial charge < -0.3 is 14.8 Å². The van der Waals surface area contributed by atoms with Gasteiger partial charge in [0, 0.05) is 36.2 Å². The number of alkyl halides is 2. The van der Waals surface area contributed by atoms with Gasteiger partial charge in [0.1, 0.15) is 6.04 Å². The molecule has 1 aliphatic heterocycles. The summed E-state index contributed by atoms with van der Waals surface area (Å²) < 4.78 is 30.4. The molecule has 144 valence electrons. The average molecular weight is 397 g/mol. The second kappa shape index (κ2) is 7.64. The van der Waals surface area contributed by atoms with Gasteiger partial charge in [-0.2, -0.15) is 8.78 Å². The van der Waals surface area contributed by atoms with E-state index in [-0.39, 0.29) is 6.42 Å². The first-order valence-corrected chi connectivity index (χ1v) is 8.99. The van der Waals surface area contributed by atoms with Crippen LogP contribution in [0.2, 0.25) is 5.02 Å². The predicted octanol–water partition coefficient (Wildman–Crippen LogP) is 2.96. The number of anilines is 1. The van der Waals surface area contributed by atoms with Crippen molar-refractivity contribution in [1.29, 1.82) is 0 Å². The topological polar surface area (TPSA) is 67.2 Å². The van der Waals surface area contributed by atoms with Crippen molar-refractivity contribution in [3.05, 3.63) is 47.5 Å². The molecule has 2 heterocycles. The van der Waals surface area contributed by atoms with Crippen LogP contribution in [0.25, 0.3) is 0 Å². The molecule has 0 aliphatic carbocycles. The first-order chi connectivity index (χ1) is 12.8. The number of nitrogens with one attached hydrogen (secondary N) is 1. The quantitative estimate of drug-likeness (QED) is 0.816. The fourth-order valence-corrected chi connectivity index (χ4v) is 3.18. The number of hydrogen-bond donors (Lipinski definition) is 1. The van der Waals surface area contributed by atoms with E-state index in [4.69, 9.17) is 11.6 Å². The van der Waals surface area contributed by atoms with E-state index in [2.05, 4.69) is 10.3 Å². The molecule has 0 spiro atoms. The molecule has 27 heavy (non-hydrogen) atoms. The summed E-state index contributed by atoms with van der Waals surface area (Å²) in [4.78, 5) is 29.8. The van der Waals surface area contributed by atoms with Gasteiger partial charge in [-0.25, -0.2) is 4.98 Å². The van der Waals surface area contributed by atoms with Crippen LogP contribution in [0, 0.1) is 0 Å². The van der Waals surface area contributed by atoms with Crippen LogP contribution in [-0.4, -0.2) is 34.0 Å². The molecule has 0 saturated carbocycles. The highest BCUT2D eigenvalue weighted by Crippen LogP contribution is 2.29. The number of benzene rings is 1. The van der Waals surface area contributed by atoms with Crippen LogP contribution < -0.4 is 10.2 Å². The Labute approximate surface area is 160 Å². The molecular formula is C18H19ClF2N4O2. The number of carbonyl (C=O) groups excluding carboxylic acids is 2. The van der Waals surface area contributed by atoms with E-state index in [1.54, 1.807) is 24.3 Å². The fourth-order valence-electron chi connectivity index (χ4n) is 3.05. The molecule has 1 aromatic heterocycles. The second-order valence-corrected chi connectivity index (χ2v) is 6.74. The van der Waals surface area contributed by atoms with Crippen LogP contribution >= 0.6 is 11.6 Å². The van der Waals surface area contributed by atoms with E-state index in [1.165, 1.54) is 21.9 Å².